The summed E-state index contributed by atoms with van der Waals surface area (Å²) in [5, 5.41) is 10.5. The molecule has 1 atom stereocenters. The Kier molecular flexibility index (Phi) is 4.41. The fourth-order valence-corrected chi connectivity index (χ4v) is 3.30. The van der Waals surface area contributed by atoms with Crippen molar-refractivity contribution in [1.29, 1.82) is 0 Å². The van der Waals surface area contributed by atoms with Crippen LogP contribution < -0.4 is 10.6 Å². The number of hydrogen-bond donors (Lipinski definition) is 2. The average Bonchev–Trinajstić information content (AvgIpc) is 3.16. The van der Waals surface area contributed by atoms with Crippen LogP contribution in [0.2, 0.25) is 5.02 Å². The third kappa shape index (κ3) is 3.44. The summed E-state index contributed by atoms with van der Waals surface area (Å²) >= 11 is 5.93. The molecule has 2 aromatic carbocycles. The first-order chi connectivity index (χ1) is 13.0. The highest BCUT2D eigenvalue weighted by Gasteiger charge is 2.35. The van der Waals surface area contributed by atoms with Gasteiger partial charge in [-0.3, -0.25) is 9.59 Å². The Balaban J connectivity index is 1.54. The van der Waals surface area contributed by atoms with Crippen LogP contribution in [0.25, 0.3) is 11.1 Å². The number of benzene rings is 2. The van der Waals surface area contributed by atoms with Crippen molar-refractivity contribution in [3.05, 3.63) is 65.3 Å². The summed E-state index contributed by atoms with van der Waals surface area (Å²) < 4.78 is 1.58. The Morgan fingerprint density at radius 3 is 2.78 bits per heavy atom. The zero-order chi connectivity index (χ0) is 19.0. The van der Waals surface area contributed by atoms with Gasteiger partial charge in [0.25, 0.3) is 5.91 Å². The maximum Gasteiger partial charge on any atom is 0.251 e. The van der Waals surface area contributed by atoms with E-state index < -0.39 is 6.04 Å². The fourth-order valence-electron chi connectivity index (χ4n) is 3.11. The van der Waals surface area contributed by atoms with Gasteiger partial charge in [-0.1, -0.05) is 47.5 Å². The predicted molar refractivity (Wildman–Crippen MR) is 105 cm³/mol. The molecule has 0 fully saturated rings. The minimum Gasteiger partial charge on any atom is -0.326 e. The van der Waals surface area contributed by atoms with Crippen molar-refractivity contribution in [3.8, 4) is 11.1 Å². The summed E-state index contributed by atoms with van der Waals surface area (Å²) in [6, 6.07) is 14.2. The summed E-state index contributed by atoms with van der Waals surface area (Å²) in [4.78, 5) is 24.8. The summed E-state index contributed by atoms with van der Waals surface area (Å²) in [6.45, 7) is 2.02. The number of anilines is 2. The van der Waals surface area contributed by atoms with Crippen LogP contribution in [0.4, 0.5) is 11.5 Å². The number of aryl methyl sites for hydroxylation is 1. The summed E-state index contributed by atoms with van der Waals surface area (Å²) in [5.74, 6) is 0.0924. The standard InChI is InChI=1S/C20H17ClN4O2/c1-12-5-7-13(8-6-12)16-11-22-25-17(20(27)24-19(16)25)10-18(26)23-15-4-2-3-14(21)9-15/h2-9,11,17H,10H2,1H3,(H,23,26)(H,24,27). The highest BCUT2D eigenvalue weighted by atomic mass is 35.5. The first-order valence-electron chi connectivity index (χ1n) is 8.52. The Bertz CT molecular complexity index is 1030. The first-order valence-corrected chi connectivity index (χ1v) is 8.90. The Morgan fingerprint density at radius 2 is 2.04 bits per heavy atom. The molecule has 27 heavy (non-hydrogen) atoms. The molecule has 0 aliphatic carbocycles. The molecule has 7 heteroatoms. The SMILES string of the molecule is Cc1ccc(-c2cnn3c2NC(=O)C3CC(=O)Nc2cccc(Cl)c2)cc1. The van der Waals surface area contributed by atoms with E-state index in [1.54, 1.807) is 35.1 Å². The Morgan fingerprint density at radius 1 is 1.26 bits per heavy atom. The number of hydrogen-bond acceptors (Lipinski definition) is 3. The molecule has 2 heterocycles. The van der Waals surface area contributed by atoms with E-state index in [4.69, 9.17) is 11.6 Å². The van der Waals surface area contributed by atoms with Crippen LogP contribution in [-0.2, 0) is 9.59 Å². The number of carbonyl (C=O) groups is 2. The zero-order valence-electron chi connectivity index (χ0n) is 14.6. The van der Waals surface area contributed by atoms with Crippen molar-refractivity contribution in [2.75, 3.05) is 10.6 Å². The van der Waals surface area contributed by atoms with Gasteiger partial charge in [-0.25, -0.2) is 4.68 Å². The molecule has 2 N–H and O–H groups in total. The van der Waals surface area contributed by atoms with Gasteiger partial charge in [-0.2, -0.15) is 5.10 Å². The van der Waals surface area contributed by atoms with E-state index in [0.717, 1.165) is 16.7 Å². The van der Waals surface area contributed by atoms with E-state index in [9.17, 15) is 9.59 Å². The summed E-state index contributed by atoms with van der Waals surface area (Å²) in [6.07, 6.45) is 1.70. The molecule has 0 bridgehead atoms. The molecular formula is C20H17ClN4O2. The molecule has 0 radical (unpaired) electrons. The number of aromatic nitrogens is 2. The maximum atomic E-state index is 12.4. The second kappa shape index (κ2) is 6.89. The molecule has 1 aliphatic heterocycles. The highest BCUT2D eigenvalue weighted by molar-refractivity contribution is 6.30. The van der Waals surface area contributed by atoms with Crippen molar-refractivity contribution in [1.82, 2.24) is 9.78 Å². The third-order valence-corrected chi connectivity index (χ3v) is 4.72. The lowest BCUT2D eigenvalue weighted by Gasteiger charge is -2.10. The zero-order valence-corrected chi connectivity index (χ0v) is 15.3. The normalized spacial score (nSPS) is 15.3. The quantitative estimate of drug-likeness (QED) is 0.717. The maximum absolute atomic E-state index is 12.4. The Labute approximate surface area is 161 Å². The number of rotatable bonds is 4. The number of fused-ring (bicyclic) bond motifs is 1. The van der Waals surface area contributed by atoms with Crippen molar-refractivity contribution in [2.24, 2.45) is 0 Å². The summed E-state index contributed by atoms with van der Waals surface area (Å²) in [7, 11) is 0. The van der Waals surface area contributed by atoms with E-state index in [1.807, 2.05) is 31.2 Å². The van der Waals surface area contributed by atoms with Crippen LogP contribution in [0.5, 0.6) is 0 Å². The lowest BCUT2D eigenvalue weighted by atomic mass is 10.1. The Hall–Kier alpha value is -3.12. The van der Waals surface area contributed by atoms with Gasteiger partial charge in [-0.05, 0) is 30.7 Å². The highest BCUT2D eigenvalue weighted by Crippen LogP contribution is 2.35. The molecule has 6 nitrogen and oxygen atoms in total. The molecule has 0 saturated heterocycles. The van der Waals surface area contributed by atoms with Crippen LogP contribution in [-0.4, -0.2) is 21.6 Å². The van der Waals surface area contributed by atoms with Crippen molar-refractivity contribution >= 4 is 34.9 Å². The molecule has 0 saturated carbocycles. The molecular weight excluding hydrogens is 364 g/mol. The van der Waals surface area contributed by atoms with Gasteiger partial charge in [-0.15, -0.1) is 0 Å². The topological polar surface area (TPSA) is 76.0 Å². The van der Waals surface area contributed by atoms with Crippen molar-refractivity contribution in [2.45, 2.75) is 19.4 Å². The largest absolute Gasteiger partial charge is 0.326 e. The lowest BCUT2D eigenvalue weighted by molar-refractivity contribution is -0.123. The van der Waals surface area contributed by atoms with Crippen LogP contribution in [0.3, 0.4) is 0 Å². The van der Waals surface area contributed by atoms with E-state index in [1.165, 1.54) is 0 Å². The average molecular weight is 381 g/mol. The molecule has 0 spiro atoms. The third-order valence-electron chi connectivity index (χ3n) is 4.48. The van der Waals surface area contributed by atoms with E-state index in [2.05, 4.69) is 15.7 Å². The van der Waals surface area contributed by atoms with E-state index in [-0.39, 0.29) is 18.2 Å². The molecule has 136 valence electrons. The van der Waals surface area contributed by atoms with Crippen molar-refractivity contribution < 1.29 is 9.59 Å². The van der Waals surface area contributed by atoms with E-state index in [0.29, 0.717) is 16.5 Å². The number of amides is 2. The van der Waals surface area contributed by atoms with Gasteiger partial charge in [0.05, 0.1) is 12.6 Å². The van der Waals surface area contributed by atoms with Crippen LogP contribution in [0.1, 0.15) is 18.0 Å². The molecule has 2 amide bonds. The van der Waals surface area contributed by atoms with Crippen molar-refractivity contribution in [3.63, 3.8) is 0 Å². The van der Waals surface area contributed by atoms with Crippen LogP contribution in [0.15, 0.2) is 54.7 Å². The number of nitrogens with one attached hydrogen (secondary N) is 2. The van der Waals surface area contributed by atoms with Crippen LogP contribution in [0, 0.1) is 6.92 Å². The minimum atomic E-state index is -0.682. The van der Waals surface area contributed by atoms with Crippen LogP contribution >= 0.6 is 11.6 Å². The fraction of sp³-hybridized carbons (Fsp3) is 0.150. The van der Waals surface area contributed by atoms with Gasteiger partial charge in [0.2, 0.25) is 5.91 Å². The number of halogens is 1. The second-order valence-electron chi connectivity index (χ2n) is 6.49. The smallest absolute Gasteiger partial charge is 0.251 e. The minimum absolute atomic E-state index is 0.0135. The molecule has 3 aromatic rings. The lowest BCUT2D eigenvalue weighted by Crippen LogP contribution is -2.23. The van der Waals surface area contributed by atoms with Gasteiger partial charge in [0.15, 0.2) is 0 Å². The van der Waals surface area contributed by atoms with Gasteiger partial charge >= 0.3 is 0 Å². The molecule has 4 rings (SSSR count). The molecule has 1 aliphatic rings. The predicted octanol–water partition coefficient (Wildman–Crippen LogP) is 4.03. The molecule has 1 aromatic heterocycles. The van der Waals surface area contributed by atoms with Gasteiger partial charge < -0.3 is 10.6 Å². The van der Waals surface area contributed by atoms with Gasteiger partial charge in [0.1, 0.15) is 11.9 Å². The van der Waals surface area contributed by atoms with E-state index >= 15 is 0 Å². The second-order valence-corrected chi connectivity index (χ2v) is 6.92. The first kappa shape index (κ1) is 17.3. The molecule has 1 unspecified atom stereocenters. The number of carbonyl (C=O) groups excluding carboxylic acids is 2. The summed E-state index contributed by atoms with van der Waals surface area (Å²) in [5.41, 5.74) is 3.54. The number of nitrogens with zero attached hydrogens (tertiary/aromatic N) is 2. The van der Waals surface area contributed by atoms with Gasteiger partial charge in [0, 0.05) is 16.3 Å². The monoisotopic (exact) mass is 380 g/mol.